The topological polar surface area (TPSA) is 57.4 Å². The number of hydrogen-bond donors (Lipinski definition) is 0. The second-order valence-corrected chi connectivity index (χ2v) is 5.20. The molecule has 1 heterocycles. The van der Waals surface area contributed by atoms with Gasteiger partial charge in [0.25, 0.3) is 5.91 Å². The number of carbonyl (C=O) groups is 1. The molecule has 1 aliphatic rings. The van der Waals surface area contributed by atoms with Crippen LogP contribution < -0.4 is 5.01 Å². The number of hydrogen-bond acceptors (Lipinski definition) is 4. The lowest BCUT2D eigenvalue weighted by Crippen LogP contribution is -2.29. The summed E-state index contributed by atoms with van der Waals surface area (Å²) in [5.74, 6) is -0.223. The maximum atomic E-state index is 12.4. The molecule has 2 aromatic carbocycles. The first-order chi connectivity index (χ1) is 10.7. The zero-order valence-corrected chi connectivity index (χ0v) is 12.6. The Morgan fingerprint density at radius 3 is 2.50 bits per heavy atom. The van der Waals surface area contributed by atoms with Crippen LogP contribution in [0.15, 0.2) is 69.9 Å². The van der Waals surface area contributed by atoms with Crippen LogP contribution in [-0.2, 0) is 4.79 Å². The van der Waals surface area contributed by atoms with Crippen LogP contribution in [0.4, 0.5) is 11.4 Å². The Morgan fingerprint density at radius 2 is 1.77 bits per heavy atom. The molecule has 0 N–H and O–H groups in total. The zero-order chi connectivity index (χ0) is 15.5. The van der Waals surface area contributed by atoms with Gasteiger partial charge in [-0.05, 0) is 31.2 Å². The van der Waals surface area contributed by atoms with Gasteiger partial charge in [0.1, 0.15) is 5.69 Å². The molecule has 0 saturated heterocycles. The molecule has 110 valence electrons. The van der Waals surface area contributed by atoms with Gasteiger partial charge in [0, 0.05) is 0 Å². The summed E-state index contributed by atoms with van der Waals surface area (Å²) in [6, 6.07) is 15.6. The number of hydrazone groups is 1. The second-order valence-electron chi connectivity index (χ2n) is 4.80. The maximum absolute atomic E-state index is 12.4. The van der Waals surface area contributed by atoms with Crippen molar-refractivity contribution in [2.24, 2.45) is 15.3 Å². The average Bonchev–Trinajstić information content (AvgIpc) is 2.82. The van der Waals surface area contributed by atoms with E-state index >= 15 is 0 Å². The van der Waals surface area contributed by atoms with Gasteiger partial charge in [-0.15, -0.1) is 0 Å². The van der Waals surface area contributed by atoms with Gasteiger partial charge in [-0.3, -0.25) is 4.79 Å². The van der Waals surface area contributed by atoms with E-state index in [2.05, 4.69) is 15.3 Å². The molecule has 0 aliphatic carbocycles. The highest BCUT2D eigenvalue weighted by atomic mass is 35.5. The summed E-state index contributed by atoms with van der Waals surface area (Å²) >= 11 is 6.03. The van der Waals surface area contributed by atoms with E-state index in [1.165, 1.54) is 5.01 Å². The van der Waals surface area contributed by atoms with Crippen molar-refractivity contribution in [1.82, 2.24) is 0 Å². The number of amides is 1. The molecule has 0 unspecified atom stereocenters. The number of anilines is 1. The fourth-order valence-electron chi connectivity index (χ4n) is 2.10. The monoisotopic (exact) mass is 312 g/mol. The minimum Gasteiger partial charge on any atom is -0.269 e. The molecular weight excluding hydrogens is 300 g/mol. The van der Waals surface area contributed by atoms with Gasteiger partial charge in [-0.1, -0.05) is 41.9 Å². The number of benzene rings is 2. The molecule has 3 rings (SSSR count). The number of nitrogens with zero attached hydrogens (tertiary/aromatic N) is 4. The third-order valence-electron chi connectivity index (χ3n) is 3.23. The number of rotatable bonds is 3. The van der Waals surface area contributed by atoms with Crippen LogP contribution in [0.5, 0.6) is 0 Å². The van der Waals surface area contributed by atoms with Crippen molar-refractivity contribution in [2.45, 2.75) is 13.0 Å². The molecule has 2 aromatic rings. The molecule has 0 bridgehead atoms. The third-order valence-corrected chi connectivity index (χ3v) is 3.55. The van der Waals surface area contributed by atoms with Crippen LogP contribution in [0.25, 0.3) is 0 Å². The summed E-state index contributed by atoms with van der Waals surface area (Å²) in [7, 11) is 0. The van der Waals surface area contributed by atoms with E-state index in [4.69, 9.17) is 11.6 Å². The van der Waals surface area contributed by atoms with E-state index in [9.17, 15) is 4.79 Å². The highest BCUT2D eigenvalue weighted by Crippen LogP contribution is 2.26. The van der Waals surface area contributed by atoms with Gasteiger partial charge in [-0.2, -0.15) is 20.3 Å². The van der Waals surface area contributed by atoms with E-state index in [-0.39, 0.29) is 5.91 Å². The summed E-state index contributed by atoms with van der Waals surface area (Å²) in [6.07, 6.45) is 0. The Morgan fingerprint density at radius 1 is 1.09 bits per heavy atom. The molecule has 22 heavy (non-hydrogen) atoms. The lowest BCUT2D eigenvalue weighted by Gasteiger charge is -2.11. The van der Waals surface area contributed by atoms with Crippen LogP contribution in [0.2, 0.25) is 5.02 Å². The standard InChI is InChI=1S/C16H13ClN4O/c1-11-15(19-18-14-10-6-5-9-13(14)17)16(22)21(20-11)12-7-3-2-4-8-12/h2-10,15H,1H3/t15-/m1/s1. The summed E-state index contributed by atoms with van der Waals surface area (Å²) in [4.78, 5) is 12.4. The van der Waals surface area contributed by atoms with E-state index in [0.717, 1.165) is 0 Å². The van der Waals surface area contributed by atoms with Crippen molar-refractivity contribution in [2.75, 3.05) is 5.01 Å². The zero-order valence-electron chi connectivity index (χ0n) is 11.8. The predicted molar refractivity (Wildman–Crippen MR) is 86.8 cm³/mol. The molecular formula is C16H13ClN4O. The van der Waals surface area contributed by atoms with Gasteiger partial charge in [0.2, 0.25) is 0 Å². The van der Waals surface area contributed by atoms with Gasteiger partial charge < -0.3 is 0 Å². The Balaban J connectivity index is 1.83. The molecule has 0 saturated carbocycles. The molecule has 5 nitrogen and oxygen atoms in total. The Labute approximate surface area is 132 Å². The molecule has 0 spiro atoms. The summed E-state index contributed by atoms with van der Waals surface area (Å²) < 4.78 is 0. The fraction of sp³-hybridized carbons (Fsp3) is 0.125. The van der Waals surface area contributed by atoms with Gasteiger partial charge in [0.15, 0.2) is 6.04 Å². The van der Waals surface area contributed by atoms with Gasteiger partial charge in [0.05, 0.1) is 16.4 Å². The maximum Gasteiger partial charge on any atom is 0.280 e. The molecule has 1 atom stereocenters. The number of para-hydroxylation sites is 1. The van der Waals surface area contributed by atoms with Gasteiger partial charge >= 0.3 is 0 Å². The average molecular weight is 313 g/mol. The Bertz CT molecular complexity index is 758. The van der Waals surface area contributed by atoms with E-state index in [1.807, 2.05) is 42.5 Å². The quantitative estimate of drug-likeness (QED) is 0.783. The summed E-state index contributed by atoms with van der Waals surface area (Å²) in [6.45, 7) is 1.76. The Hall–Kier alpha value is -2.53. The highest BCUT2D eigenvalue weighted by molar-refractivity contribution is 6.32. The van der Waals surface area contributed by atoms with Crippen LogP contribution in [0.1, 0.15) is 6.92 Å². The van der Waals surface area contributed by atoms with Crippen LogP contribution >= 0.6 is 11.6 Å². The largest absolute Gasteiger partial charge is 0.280 e. The van der Waals surface area contributed by atoms with E-state index in [1.54, 1.807) is 19.1 Å². The Kier molecular flexibility index (Phi) is 3.98. The van der Waals surface area contributed by atoms with Crippen molar-refractivity contribution in [1.29, 1.82) is 0 Å². The smallest absolute Gasteiger partial charge is 0.269 e. The second kappa shape index (κ2) is 6.07. The summed E-state index contributed by atoms with van der Waals surface area (Å²) in [5.41, 5.74) is 1.84. The molecule has 0 aromatic heterocycles. The molecule has 0 radical (unpaired) electrons. The van der Waals surface area contributed by atoms with Crippen molar-refractivity contribution in [3.8, 4) is 0 Å². The minimum absolute atomic E-state index is 0.223. The van der Waals surface area contributed by atoms with Crippen molar-refractivity contribution >= 4 is 34.6 Å². The SMILES string of the molecule is CC1=NN(c2ccccc2)C(=O)[C@@H]1N=Nc1ccccc1Cl. The highest BCUT2D eigenvalue weighted by Gasteiger charge is 2.34. The number of carbonyl (C=O) groups excluding carboxylic acids is 1. The number of halogens is 1. The van der Waals surface area contributed by atoms with Crippen molar-refractivity contribution in [3.05, 3.63) is 59.6 Å². The van der Waals surface area contributed by atoms with Crippen molar-refractivity contribution in [3.63, 3.8) is 0 Å². The van der Waals surface area contributed by atoms with Crippen LogP contribution in [-0.4, -0.2) is 17.7 Å². The summed E-state index contributed by atoms with van der Waals surface area (Å²) in [5, 5.41) is 14.3. The third kappa shape index (κ3) is 2.76. The predicted octanol–water partition coefficient (Wildman–Crippen LogP) is 4.22. The minimum atomic E-state index is -0.712. The first-order valence-corrected chi connectivity index (χ1v) is 7.14. The number of azo groups is 1. The van der Waals surface area contributed by atoms with E-state index < -0.39 is 6.04 Å². The van der Waals surface area contributed by atoms with Gasteiger partial charge in [-0.25, -0.2) is 0 Å². The van der Waals surface area contributed by atoms with Crippen molar-refractivity contribution < 1.29 is 4.79 Å². The van der Waals surface area contributed by atoms with Crippen LogP contribution in [0, 0.1) is 0 Å². The molecule has 1 amide bonds. The first-order valence-electron chi connectivity index (χ1n) is 6.76. The molecule has 1 aliphatic heterocycles. The molecule has 0 fully saturated rings. The van der Waals surface area contributed by atoms with E-state index in [0.29, 0.717) is 22.1 Å². The van der Waals surface area contributed by atoms with Crippen LogP contribution in [0.3, 0.4) is 0 Å². The normalized spacial score (nSPS) is 18.1. The molecule has 6 heteroatoms. The first kappa shape index (κ1) is 14.4. The lowest BCUT2D eigenvalue weighted by atomic mass is 10.2. The fourth-order valence-corrected chi connectivity index (χ4v) is 2.27. The lowest BCUT2D eigenvalue weighted by molar-refractivity contribution is -0.117.